The monoisotopic (exact) mass is 460 g/mol. The van der Waals surface area contributed by atoms with E-state index in [2.05, 4.69) is 36.9 Å². The van der Waals surface area contributed by atoms with Crippen LogP contribution in [0.25, 0.3) is 10.8 Å². The minimum atomic E-state index is -0.440. The zero-order chi connectivity index (χ0) is 23.2. The van der Waals surface area contributed by atoms with Crippen LogP contribution < -0.4 is 0 Å². The largest absolute Gasteiger partial charge is 0.206 e. The fraction of sp³-hybridized carbons (Fsp3) is 0.200. The van der Waals surface area contributed by atoms with Crippen molar-refractivity contribution in [3.05, 3.63) is 130 Å². The summed E-state index contributed by atoms with van der Waals surface area (Å²) in [6.07, 6.45) is 6.89. The van der Waals surface area contributed by atoms with Crippen molar-refractivity contribution in [1.82, 2.24) is 0 Å². The number of rotatable bonds is 9. The molecule has 0 spiro atoms. The Morgan fingerprint density at radius 2 is 1.27 bits per heavy atom. The van der Waals surface area contributed by atoms with Crippen molar-refractivity contribution < 1.29 is 8.78 Å². The van der Waals surface area contributed by atoms with Crippen LogP contribution in [0.4, 0.5) is 8.78 Å². The van der Waals surface area contributed by atoms with E-state index in [1.807, 2.05) is 30.3 Å². The molecule has 3 heteroatoms. The highest BCUT2D eigenvalue weighted by atomic mass is 35.5. The van der Waals surface area contributed by atoms with Gasteiger partial charge in [-0.2, -0.15) is 0 Å². The first kappa shape index (κ1) is 23.2. The van der Waals surface area contributed by atoms with Gasteiger partial charge in [-0.05, 0) is 83.9 Å². The van der Waals surface area contributed by atoms with E-state index >= 15 is 4.39 Å². The van der Waals surface area contributed by atoms with Gasteiger partial charge >= 0.3 is 0 Å². The van der Waals surface area contributed by atoms with E-state index < -0.39 is 5.82 Å². The Labute approximate surface area is 199 Å². The normalized spacial score (nSPS) is 11.1. The van der Waals surface area contributed by atoms with Crippen LogP contribution in [0.1, 0.15) is 34.2 Å². The lowest BCUT2D eigenvalue weighted by Gasteiger charge is -2.10. The molecule has 0 saturated carbocycles. The zero-order valence-electron chi connectivity index (χ0n) is 18.6. The average Bonchev–Trinajstić information content (AvgIpc) is 2.83. The Morgan fingerprint density at radius 1 is 0.667 bits per heavy atom. The first-order chi connectivity index (χ1) is 16.0. The van der Waals surface area contributed by atoms with Gasteiger partial charge in [-0.1, -0.05) is 78.3 Å². The van der Waals surface area contributed by atoms with Crippen LogP contribution in [0.15, 0.2) is 85.5 Å². The van der Waals surface area contributed by atoms with Crippen molar-refractivity contribution in [2.24, 2.45) is 0 Å². The Hall–Kier alpha value is -2.97. The number of halogens is 3. The summed E-state index contributed by atoms with van der Waals surface area (Å²) in [4.78, 5) is 0. The summed E-state index contributed by atoms with van der Waals surface area (Å²) in [5, 5.41) is 1.64. The van der Waals surface area contributed by atoms with Crippen LogP contribution in [-0.2, 0) is 32.1 Å². The van der Waals surface area contributed by atoms with Crippen molar-refractivity contribution in [3.8, 4) is 0 Å². The summed E-state index contributed by atoms with van der Waals surface area (Å²) in [5.74, 6) is -0.632. The van der Waals surface area contributed by atoms with E-state index in [1.165, 1.54) is 22.8 Å². The van der Waals surface area contributed by atoms with Gasteiger partial charge in [-0.15, -0.1) is 6.58 Å². The molecule has 0 saturated heterocycles. The molecule has 0 unspecified atom stereocenters. The number of hydrogen-bond donors (Lipinski definition) is 0. The third-order valence-electron chi connectivity index (χ3n) is 6.13. The summed E-state index contributed by atoms with van der Waals surface area (Å²) in [7, 11) is 0. The van der Waals surface area contributed by atoms with Crippen LogP contribution in [0, 0.1) is 11.6 Å². The molecule has 0 radical (unpaired) electrons. The van der Waals surface area contributed by atoms with Crippen molar-refractivity contribution in [3.63, 3.8) is 0 Å². The van der Waals surface area contributed by atoms with Gasteiger partial charge in [-0.25, -0.2) is 8.78 Å². The fourth-order valence-electron chi connectivity index (χ4n) is 4.14. The molecule has 0 aliphatic heterocycles. The lowest BCUT2D eigenvalue weighted by Crippen LogP contribution is -1.97. The fourth-order valence-corrected chi connectivity index (χ4v) is 4.26. The highest BCUT2D eigenvalue weighted by Crippen LogP contribution is 2.25. The van der Waals surface area contributed by atoms with Crippen LogP contribution in [0.3, 0.4) is 0 Å². The van der Waals surface area contributed by atoms with Gasteiger partial charge in [0.2, 0.25) is 0 Å². The van der Waals surface area contributed by atoms with E-state index in [-0.39, 0.29) is 10.8 Å². The molecule has 4 rings (SSSR count). The molecule has 0 nitrogen and oxygen atoms in total. The molecule has 0 heterocycles. The van der Waals surface area contributed by atoms with Crippen LogP contribution >= 0.6 is 11.6 Å². The number of allylic oxidation sites excluding steroid dienone is 1. The lowest BCUT2D eigenvalue weighted by molar-refractivity contribution is 0.617. The van der Waals surface area contributed by atoms with Crippen LogP contribution in [0.5, 0.6) is 0 Å². The maximum absolute atomic E-state index is 15.1. The van der Waals surface area contributed by atoms with Gasteiger partial charge in [-0.3, -0.25) is 0 Å². The third kappa shape index (κ3) is 5.89. The van der Waals surface area contributed by atoms with E-state index in [0.717, 1.165) is 36.6 Å². The Kier molecular flexibility index (Phi) is 7.57. The first-order valence-electron chi connectivity index (χ1n) is 11.4. The Morgan fingerprint density at radius 3 is 2.00 bits per heavy atom. The molecular formula is C30H27ClF2. The van der Waals surface area contributed by atoms with E-state index in [4.69, 9.17) is 11.6 Å². The molecule has 4 aromatic rings. The third-order valence-corrected chi connectivity index (χ3v) is 6.43. The molecule has 4 aromatic carbocycles. The minimum absolute atomic E-state index is 0.104. The minimum Gasteiger partial charge on any atom is -0.206 e. The van der Waals surface area contributed by atoms with Gasteiger partial charge < -0.3 is 0 Å². The maximum Gasteiger partial charge on any atom is 0.142 e. The number of aryl methyl sites for hydroxylation is 5. The zero-order valence-corrected chi connectivity index (χ0v) is 19.3. The summed E-state index contributed by atoms with van der Waals surface area (Å²) < 4.78 is 28.8. The van der Waals surface area contributed by atoms with Crippen molar-refractivity contribution in [2.75, 3.05) is 0 Å². The highest BCUT2D eigenvalue weighted by molar-refractivity contribution is 6.30. The van der Waals surface area contributed by atoms with Gasteiger partial charge in [0.05, 0.1) is 5.02 Å². The molecule has 0 aromatic heterocycles. The lowest BCUT2D eigenvalue weighted by atomic mass is 9.97. The van der Waals surface area contributed by atoms with Gasteiger partial charge in [0.25, 0.3) is 0 Å². The second kappa shape index (κ2) is 10.8. The summed E-state index contributed by atoms with van der Waals surface area (Å²) >= 11 is 5.74. The Bertz CT molecular complexity index is 1260. The topological polar surface area (TPSA) is 0 Å². The maximum atomic E-state index is 15.1. The molecule has 0 aliphatic carbocycles. The number of fused-ring (bicyclic) bond motifs is 1. The highest BCUT2D eigenvalue weighted by Gasteiger charge is 2.10. The molecule has 168 valence electrons. The second-order valence-corrected chi connectivity index (χ2v) is 8.89. The SMILES string of the molecule is C=CCCc1ccc(CCc2ccc3c(F)c(CCc4ccc(Cl)c(F)c4)ccc3c2)cc1. The predicted molar refractivity (Wildman–Crippen MR) is 135 cm³/mol. The summed E-state index contributed by atoms with van der Waals surface area (Å²) in [6, 6.07) is 23.3. The number of hydrogen-bond acceptors (Lipinski definition) is 0. The molecule has 0 bridgehead atoms. The van der Waals surface area contributed by atoms with Crippen LogP contribution in [0.2, 0.25) is 5.02 Å². The first-order valence-corrected chi connectivity index (χ1v) is 11.7. The van der Waals surface area contributed by atoms with Crippen LogP contribution in [-0.4, -0.2) is 0 Å². The van der Waals surface area contributed by atoms with Gasteiger partial charge in [0, 0.05) is 5.39 Å². The quantitative estimate of drug-likeness (QED) is 0.220. The molecule has 33 heavy (non-hydrogen) atoms. The number of benzene rings is 4. The van der Waals surface area contributed by atoms with E-state index in [1.54, 1.807) is 12.1 Å². The van der Waals surface area contributed by atoms with Crippen molar-refractivity contribution in [2.45, 2.75) is 38.5 Å². The molecular weight excluding hydrogens is 434 g/mol. The standard InChI is InChI=1S/C30H27ClF2/c1-2-3-4-21-5-7-22(8-6-21)9-10-23-12-17-27-26(19-23)16-15-25(30(27)33)14-11-24-13-18-28(31)29(32)20-24/h2,5-8,12-13,15-20H,1,3-4,9-11,14H2. The predicted octanol–water partition coefficient (Wildman–Crippen LogP) is 8.46. The molecule has 0 amide bonds. The molecule has 0 atom stereocenters. The van der Waals surface area contributed by atoms with Crippen molar-refractivity contribution in [1.29, 1.82) is 0 Å². The Balaban J connectivity index is 1.41. The molecule has 0 fully saturated rings. The van der Waals surface area contributed by atoms with Gasteiger partial charge in [0.1, 0.15) is 11.6 Å². The summed E-state index contributed by atoms with van der Waals surface area (Å²) in [5.41, 5.74) is 5.28. The average molecular weight is 461 g/mol. The second-order valence-electron chi connectivity index (χ2n) is 8.49. The summed E-state index contributed by atoms with van der Waals surface area (Å²) in [6.45, 7) is 3.78. The van der Waals surface area contributed by atoms with E-state index in [9.17, 15) is 4.39 Å². The van der Waals surface area contributed by atoms with Crippen molar-refractivity contribution >= 4 is 22.4 Å². The van der Waals surface area contributed by atoms with E-state index in [0.29, 0.717) is 23.8 Å². The van der Waals surface area contributed by atoms with Gasteiger partial charge in [0.15, 0.2) is 0 Å². The molecule has 0 N–H and O–H groups in total. The smallest absolute Gasteiger partial charge is 0.142 e. The molecule has 0 aliphatic rings.